The van der Waals surface area contributed by atoms with Gasteiger partial charge in [0.05, 0.1) is 15.7 Å². The van der Waals surface area contributed by atoms with E-state index in [1.807, 2.05) is 20.8 Å². The van der Waals surface area contributed by atoms with Crippen molar-refractivity contribution >= 4 is 39.0 Å². The maximum atomic E-state index is 13.5. The zero-order chi connectivity index (χ0) is 21.8. The van der Waals surface area contributed by atoms with Gasteiger partial charge in [-0.2, -0.15) is 0 Å². The van der Waals surface area contributed by atoms with Crippen molar-refractivity contribution in [3.63, 3.8) is 0 Å². The lowest BCUT2D eigenvalue weighted by Crippen LogP contribution is -2.42. The summed E-state index contributed by atoms with van der Waals surface area (Å²) in [5, 5.41) is 0. The molecular weight excluding hydrogens is 402 g/mol. The summed E-state index contributed by atoms with van der Waals surface area (Å²) in [5.41, 5.74) is 8.07. The van der Waals surface area contributed by atoms with Crippen LogP contribution in [0.3, 0.4) is 0 Å². The summed E-state index contributed by atoms with van der Waals surface area (Å²) < 4.78 is 2.22. The van der Waals surface area contributed by atoms with Gasteiger partial charge in [-0.3, -0.25) is 19.1 Å². The number of unbranched alkanes of at least 4 members (excludes halogenated alkanes) is 1. The number of anilines is 2. The van der Waals surface area contributed by atoms with Gasteiger partial charge in [0, 0.05) is 18.7 Å². The second-order valence-corrected chi connectivity index (χ2v) is 8.56. The molecule has 2 aromatic heterocycles. The maximum Gasteiger partial charge on any atom is 0.330 e. The van der Waals surface area contributed by atoms with Crippen LogP contribution in [0.4, 0.5) is 11.5 Å². The molecule has 0 fully saturated rings. The Bertz CT molecular complexity index is 1160. The highest BCUT2D eigenvalue weighted by atomic mass is 32.1. The lowest BCUT2D eigenvalue weighted by Gasteiger charge is -2.25. The third-order valence-corrected chi connectivity index (χ3v) is 5.76. The quantitative estimate of drug-likeness (QED) is 0.571. The lowest BCUT2D eigenvalue weighted by atomic mass is 10.1. The minimum Gasteiger partial charge on any atom is -0.383 e. The van der Waals surface area contributed by atoms with Crippen molar-refractivity contribution in [2.75, 3.05) is 17.2 Å². The fourth-order valence-electron chi connectivity index (χ4n) is 3.22. The highest BCUT2D eigenvalue weighted by Gasteiger charge is 2.25. The van der Waals surface area contributed by atoms with Crippen molar-refractivity contribution in [3.05, 3.63) is 50.1 Å². The van der Waals surface area contributed by atoms with Gasteiger partial charge in [-0.05, 0) is 37.0 Å². The average Bonchev–Trinajstić information content (AvgIpc) is 3.17. The lowest BCUT2D eigenvalue weighted by molar-refractivity contribution is 0.0985. The first-order chi connectivity index (χ1) is 14.3. The molecule has 1 aromatic carbocycles. The van der Waals surface area contributed by atoms with Crippen molar-refractivity contribution in [2.45, 2.75) is 46.6 Å². The first kappa shape index (κ1) is 21.8. The predicted octanol–water partition coefficient (Wildman–Crippen LogP) is 3.22. The number of rotatable bonds is 8. The molecule has 0 atom stereocenters. The largest absolute Gasteiger partial charge is 0.383 e. The number of nitrogens with one attached hydrogen (secondary N) is 1. The van der Waals surface area contributed by atoms with Gasteiger partial charge < -0.3 is 10.6 Å². The Kier molecular flexibility index (Phi) is 6.71. The Morgan fingerprint density at radius 2 is 2.10 bits per heavy atom. The smallest absolute Gasteiger partial charge is 0.330 e. The molecule has 0 saturated carbocycles. The highest BCUT2D eigenvalue weighted by molar-refractivity contribution is 7.16. The van der Waals surface area contributed by atoms with E-state index in [2.05, 4.69) is 9.97 Å². The Balaban J connectivity index is 2.10. The van der Waals surface area contributed by atoms with Crippen LogP contribution in [0.5, 0.6) is 0 Å². The van der Waals surface area contributed by atoms with E-state index < -0.39 is 11.2 Å². The first-order valence-corrected chi connectivity index (χ1v) is 11.0. The minimum atomic E-state index is -0.652. The highest BCUT2D eigenvalue weighted by Crippen LogP contribution is 2.24. The van der Waals surface area contributed by atoms with Crippen LogP contribution in [-0.4, -0.2) is 27.0 Å². The number of aromatic nitrogens is 3. The van der Waals surface area contributed by atoms with Crippen molar-refractivity contribution in [3.8, 4) is 0 Å². The molecule has 3 N–H and O–H groups in total. The number of thiazole rings is 1. The first-order valence-electron chi connectivity index (χ1n) is 10.1. The van der Waals surface area contributed by atoms with Crippen LogP contribution in [0.25, 0.3) is 10.2 Å². The van der Waals surface area contributed by atoms with E-state index in [-0.39, 0.29) is 17.4 Å². The minimum absolute atomic E-state index is 0.0215. The van der Waals surface area contributed by atoms with Crippen LogP contribution < -0.4 is 21.9 Å². The molecule has 0 aliphatic rings. The molecule has 1 amide bonds. The predicted molar refractivity (Wildman–Crippen MR) is 121 cm³/mol. The summed E-state index contributed by atoms with van der Waals surface area (Å²) in [5.74, 6) is 0.00703. The number of benzene rings is 1. The molecule has 160 valence electrons. The van der Waals surface area contributed by atoms with Crippen molar-refractivity contribution in [1.82, 2.24) is 14.5 Å². The van der Waals surface area contributed by atoms with Gasteiger partial charge in [0.1, 0.15) is 5.82 Å². The zero-order valence-corrected chi connectivity index (χ0v) is 18.3. The fourth-order valence-corrected chi connectivity index (χ4v) is 3.94. The number of hydrogen-bond acceptors (Lipinski definition) is 6. The molecule has 0 bridgehead atoms. The molecule has 0 aliphatic carbocycles. The second-order valence-electron chi connectivity index (χ2n) is 7.67. The van der Waals surface area contributed by atoms with E-state index in [4.69, 9.17) is 5.73 Å². The molecule has 0 saturated heterocycles. The molecular formula is C21H27N5O3S. The van der Waals surface area contributed by atoms with Crippen LogP contribution in [0.2, 0.25) is 0 Å². The van der Waals surface area contributed by atoms with Gasteiger partial charge in [0.25, 0.3) is 11.5 Å². The number of nitrogen functional groups attached to an aromatic ring is 1. The second kappa shape index (κ2) is 9.25. The van der Waals surface area contributed by atoms with Crippen LogP contribution in [-0.2, 0) is 6.54 Å². The summed E-state index contributed by atoms with van der Waals surface area (Å²) in [6, 6.07) is 5.26. The van der Waals surface area contributed by atoms with Crippen molar-refractivity contribution < 1.29 is 4.79 Å². The Morgan fingerprint density at radius 3 is 2.80 bits per heavy atom. The van der Waals surface area contributed by atoms with Crippen LogP contribution >= 0.6 is 11.3 Å². The van der Waals surface area contributed by atoms with E-state index in [0.717, 1.165) is 23.1 Å². The topological polar surface area (TPSA) is 114 Å². The Labute approximate surface area is 178 Å². The molecule has 0 unspecified atom stereocenters. The van der Waals surface area contributed by atoms with Gasteiger partial charge in [0.2, 0.25) is 0 Å². The van der Waals surface area contributed by atoms with E-state index in [1.165, 1.54) is 20.8 Å². The number of nitrogens with two attached hydrogens (primary N) is 1. The SMILES string of the molecule is CCCCn1c(N)c(N(CCC(C)C)C(=O)c2ccc3ncsc3c2)c(=O)[nH]c1=O. The van der Waals surface area contributed by atoms with E-state index in [1.54, 1.807) is 23.7 Å². The summed E-state index contributed by atoms with van der Waals surface area (Å²) in [4.78, 5) is 46.4. The number of H-pyrrole nitrogens is 1. The Hall–Kier alpha value is -2.94. The van der Waals surface area contributed by atoms with Crippen LogP contribution in [0.1, 0.15) is 50.4 Å². The van der Waals surface area contributed by atoms with E-state index in [0.29, 0.717) is 31.0 Å². The molecule has 9 heteroatoms. The number of hydrogen-bond donors (Lipinski definition) is 2. The number of aromatic amines is 1. The van der Waals surface area contributed by atoms with E-state index >= 15 is 0 Å². The summed E-state index contributed by atoms with van der Waals surface area (Å²) >= 11 is 1.44. The third kappa shape index (κ3) is 4.46. The summed E-state index contributed by atoms with van der Waals surface area (Å²) in [7, 11) is 0. The molecule has 0 radical (unpaired) electrons. The summed E-state index contributed by atoms with van der Waals surface area (Å²) in [6.07, 6.45) is 2.28. The molecule has 2 heterocycles. The third-order valence-electron chi connectivity index (χ3n) is 4.97. The fraction of sp³-hybridized carbons (Fsp3) is 0.429. The zero-order valence-electron chi connectivity index (χ0n) is 17.5. The van der Waals surface area contributed by atoms with Gasteiger partial charge in [-0.15, -0.1) is 11.3 Å². The Morgan fingerprint density at radius 1 is 1.33 bits per heavy atom. The molecule has 3 rings (SSSR count). The number of amides is 1. The van der Waals surface area contributed by atoms with Gasteiger partial charge in [0.15, 0.2) is 5.69 Å². The molecule has 3 aromatic rings. The molecule has 0 spiro atoms. The monoisotopic (exact) mass is 429 g/mol. The molecule has 0 aliphatic heterocycles. The molecule has 30 heavy (non-hydrogen) atoms. The number of carbonyl (C=O) groups excluding carboxylic acids is 1. The molecule has 8 nitrogen and oxygen atoms in total. The van der Waals surface area contributed by atoms with Crippen molar-refractivity contribution in [2.24, 2.45) is 5.92 Å². The van der Waals surface area contributed by atoms with Crippen LogP contribution in [0.15, 0.2) is 33.3 Å². The van der Waals surface area contributed by atoms with Gasteiger partial charge >= 0.3 is 5.69 Å². The van der Waals surface area contributed by atoms with Crippen LogP contribution in [0, 0.1) is 5.92 Å². The van der Waals surface area contributed by atoms with E-state index in [9.17, 15) is 14.4 Å². The number of nitrogens with zero attached hydrogens (tertiary/aromatic N) is 3. The number of fused-ring (bicyclic) bond motifs is 1. The summed E-state index contributed by atoms with van der Waals surface area (Å²) in [6.45, 7) is 6.78. The average molecular weight is 430 g/mol. The van der Waals surface area contributed by atoms with Gasteiger partial charge in [-0.25, -0.2) is 9.78 Å². The standard InChI is InChI=1S/C21H27N5O3S/c1-4-5-9-26-18(22)17(19(27)24-21(26)29)25(10-8-13(2)3)20(28)14-6-7-15-16(11-14)30-12-23-15/h6-7,11-13H,4-5,8-10,22H2,1-3H3,(H,24,27,29). The maximum absolute atomic E-state index is 13.5. The normalized spacial score (nSPS) is 11.3. The van der Waals surface area contributed by atoms with Gasteiger partial charge in [-0.1, -0.05) is 27.2 Å². The number of carbonyl (C=O) groups is 1. The van der Waals surface area contributed by atoms with Crippen molar-refractivity contribution in [1.29, 1.82) is 0 Å².